The van der Waals surface area contributed by atoms with Crippen LogP contribution in [0.15, 0.2) is 48.5 Å². The molecule has 6 nitrogen and oxygen atoms in total. The Balaban J connectivity index is 0.00000338. The predicted molar refractivity (Wildman–Crippen MR) is 114 cm³/mol. The lowest BCUT2D eigenvalue weighted by Gasteiger charge is -2.09. The number of hydrogen-bond acceptors (Lipinski definition) is 4. The second kappa shape index (κ2) is 12.8. The number of nitrogen functional groups attached to an aromatic ring is 2. The van der Waals surface area contributed by atoms with Crippen LogP contribution in [0.4, 0.5) is 0 Å². The number of amidine groups is 2. The summed E-state index contributed by atoms with van der Waals surface area (Å²) in [6.45, 7) is 1.22. The van der Waals surface area contributed by atoms with Crippen LogP contribution >= 0.6 is 24.8 Å². The lowest BCUT2D eigenvalue weighted by Crippen LogP contribution is -2.11. The molecule has 0 saturated heterocycles. The molecule has 2 aromatic rings. The summed E-state index contributed by atoms with van der Waals surface area (Å²) in [5.74, 6) is 1.53. The lowest BCUT2D eigenvalue weighted by molar-refractivity contribution is 0.279. The predicted octanol–water partition coefficient (Wildman–Crippen LogP) is 3.73. The number of nitrogens with two attached hydrogens (primary N) is 2. The third-order valence-corrected chi connectivity index (χ3v) is 3.62. The highest BCUT2D eigenvalue weighted by atomic mass is 35.5. The second-order valence-electron chi connectivity index (χ2n) is 5.64. The summed E-state index contributed by atoms with van der Waals surface area (Å²) in [6.07, 6.45) is 2.82. The molecular weight excluding hydrogens is 387 g/mol. The van der Waals surface area contributed by atoms with Gasteiger partial charge in [0.05, 0.1) is 13.2 Å². The third-order valence-electron chi connectivity index (χ3n) is 3.62. The molecule has 2 rings (SSSR count). The van der Waals surface area contributed by atoms with Crippen LogP contribution in [0, 0.1) is 10.8 Å². The van der Waals surface area contributed by atoms with E-state index in [1.54, 1.807) is 24.3 Å². The highest BCUT2D eigenvalue weighted by Gasteiger charge is 2.01. The molecule has 0 aliphatic rings. The first kappa shape index (κ1) is 24.6. The first-order chi connectivity index (χ1) is 12.1. The van der Waals surface area contributed by atoms with E-state index in [-0.39, 0.29) is 36.5 Å². The second-order valence-corrected chi connectivity index (χ2v) is 5.64. The van der Waals surface area contributed by atoms with Crippen molar-refractivity contribution >= 4 is 36.5 Å². The van der Waals surface area contributed by atoms with E-state index in [1.165, 1.54) is 0 Å². The van der Waals surface area contributed by atoms with E-state index in [0.717, 1.165) is 30.8 Å². The van der Waals surface area contributed by atoms with E-state index in [4.69, 9.17) is 31.8 Å². The van der Waals surface area contributed by atoms with Gasteiger partial charge in [-0.3, -0.25) is 10.8 Å². The van der Waals surface area contributed by atoms with Crippen LogP contribution in [0.25, 0.3) is 0 Å². The van der Waals surface area contributed by atoms with Crippen molar-refractivity contribution in [1.29, 1.82) is 10.8 Å². The molecular formula is C19H26Cl2N4O2. The van der Waals surface area contributed by atoms with Crippen LogP contribution in [-0.2, 0) is 0 Å². The van der Waals surface area contributed by atoms with E-state index in [2.05, 4.69) is 0 Å². The van der Waals surface area contributed by atoms with Crippen LogP contribution in [0.5, 0.6) is 11.5 Å². The number of ether oxygens (including phenoxy) is 2. The van der Waals surface area contributed by atoms with Crippen LogP contribution < -0.4 is 20.9 Å². The van der Waals surface area contributed by atoms with Crippen molar-refractivity contribution in [3.05, 3.63) is 59.7 Å². The average molecular weight is 413 g/mol. The minimum Gasteiger partial charge on any atom is -0.494 e. The Morgan fingerprint density at radius 2 is 1.11 bits per heavy atom. The van der Waals surface area contributed by atoms with Gasteiger partial charge in [-0.15, -0.1) is 24.8 Å². The molecule has 8 heteroatoms. The normalized spacial score (nSPS) is 9.48. The van der Waals surface area contributed by atoms with Gasteiger partial charge in [-0.25, -0.2) is 0 Å². The fourth-order valence-electron chi connectivity index (χ4n) is 2.27. The molecule has 0 heterocycles. The van der Waals surface area contributed by atoms with E-state index in [1.807, 2.05) is 24.3 Å². The molecule has 0 unspecified atom stereocenters. The van der Waals surface area contributed by atoms with Crippen molar-refractivity contribution in [2.75, 3.05) is 13.2 Å². The molecule has 0 bridgehead atoms. The molecule has 0 aliphatic carbocycles. The number of benzene rings is 2. The van der Waals surface area contributed by atoms with Crippen molar-refractivity contribution in [3.63, 3.8) is 0 Å². The average Bonchev–Trinajstić information content (AvgIpc) is 2.61. The fourth-order valence-corrected chi connectivity index (χ4v) is 2.27. The van der Waals surface area contributed by atoms with Gasteiger partial charge in [-0.1, -0.05) is 24.3 Å². The van der Waals surface area contributed by atoms with Crippen LogP contribution in [0.1, 0.15) is 30.4 Å². The van der Waals surface area contributed by atoms with E-state index in [0.29, 0.717) is 24.3 Å². The van der Waals surface area contributed by atoms with Gasteiger partial charge in [0.2, 0.25) is 0 Å². The molecule has 0 saturated carbocycles. The Hall–Kier alpha value is -2.44. The number of nitrogens with one attached hydrogen (secondary N) is 2. The van der Waals surface area contributed by atoms with Crippen molar-refractivity contribution in [1.82, 2.24) is 0 Å². The zero-order valence-corrected chi connectivity index (χ0v) is 16.6. The summed E-state index contributed by atoms with van der Waals surface area (Å²) in [6, 6.07) is 14.5. The Morgan fingerprint density at radius 3 is 1.48 bits per heavy atom. The largest absolute Gasteiger partial charge is 0.494 e. The molecule has 0 spiro atoms. The first-order valence-corrected chi connectivity index (χ1v) is 8.21. The number of hydrogen-bond donors (Lipinski definition) is 4. The van der Waals surface area contributed by atoms with Crippen LogP contribution in [-0.4, -0.2) is 24.9 Å². The molecule has 2 aromatic carbocycles. The molecule has 0 aromatic heterocycles. The summed E-state index contributed by atoms with van der Waals surface area (Å²) in [5, 5.41) is 14.8. The van der Waals surface area contributed by atoms with Crippen molar-refractivity contribution in [2.24, 2.45) is 11.5 Å². The highest BCUT2D eigenvalue weighted by molar-refractivity contribution is 5.95. The smallest absolute Gasteiger partial charge is 0.122 e. The molecule has 0 radical (unpaired) electrons. The van der Waals surface area contributed by atoms with Gasteiger partial charge in [-0.2, -0.15) is 0 Å². The highest BCUT2D eigenvalue weighted by Crippen LogP contribution is 2.15. The van der Waals surface area contributed by atoms with E-state index >= 15 is 0 Å². The zero-order chi connectivity index (χ0) is 18.1. The molecule has 0 aliphatic heterocycles. The summed E-state index contributed by atoms with van der Waals surface area (Å²) >= 11 is 0. The van der Waals surface area contributed by atoms with Gasteiger partial charge in [0.15, 0.2) is 0 Å². The zero-order valence-electron chi connectivity index (χ0n) is 14.9. The molecule has 6 N–H and O–H groups in total. The van der Waals surface area contributed by atoms with Crippen molar-refractivity contribution in [3.8, 4) is 11.5 Å². The lowest BCUT2D eigenvalue weighted by atomic mass is 10.2. The summed E-state index contributed by atoms with van der Waals surface area (Å²) in [5.41, 5.74) is 12.3. The van der Waals surface area contributed by atoms with Gasteiger partial charge in [-0.05, 0) is 43.5 Å². The van der Waals surface area contributed by atoms with Gasteiger partial charge >= 0.3 is 0 Å². The van der Waals surface area contributed by atoms with Gasteiger partial charge in [0.25, 0.3) is 0 Å². The molecule has 0 atom stereocenters. The maximum atomic E-state index is 7.42. The van der Waals surface area contributed by atoms with Crippen molar-refractivity contribution < 1.29 is 9.47 Å². The van der Waals surface area contributed by atoms with Gasteiger partial charge < -0.3 is 20.9 Å². The summed E-state index contributed by atoms with van der Waals surface area (Å²) < 4.78 is 11.3. The first-order valence-electron chi connectivity index (χ1n) is 8.21. The molecule has 148 valence electrons. The molecule has 0 fully saturated rings. The summed E-state index contributed by atoms with van der Waals surface area (Å²) in [7, 11) is 0. The Bertz CT molecular complexity index is 680. The monoisotopic (exact) mass is 412 g/mol. The van der Waals surface area contributed by atoms with E-state index < -0.39 is 0 Å². The topological polar surface area (TPSA) is 118 Å². The number of rotatable bonds is 10. The number of unbranched alkanes of at least 4 members (excludes halogenated alkanes) is 2. The Morgan fingerprint density at radius 1 is 0.704 bits per heavy atom. The Labute approximate surface area is 172 Å². The maximum Gasteiger partial charge on any atom is 0.122 e. The minimum absolute atomic E-state index is 0. The van der Waals surface area contributed by atoms with Gasteiger partial charge in [0, 0.05) is 11.1 Å². The van der Waals surface area contributed by atoms with Crippen LogP contribution in [0.3, 0.4) is 0 Å². The summed E-state index contributed by atoms with van der Waals surface area (Å²) in [4.78, 5) is 0. The molecule has 27 heavy (non-hydrogen) atoms. The van der Waals surface area contributed by atoms with Crippen LogP contribution in [0.2, 0.25) is 0 Å². The standard InChI is InChI=1S/C19H24N4O2.2ClH/c20-18(21)14-6-4-8-16(12-14)24-10-2-1-3-11-25-17-9-5-7-15(13-17)19(22)23;;/h4-9,12-13H,1-3,10-11H2,(H3,20,21)(H3,22,23);2*1H. The fraction of sp³-hybridized carbons (Fsp3) is 0.263. The van der Waals surface area contributed by atoms with Crippen molar-refractivity contribution in [2.45, 2.75) is 19.3 Å². The van der Waals surface area contributed by atoms with E-state index in [9.17, 15) is 0 Å². The quantitative estimate of drug-likeness (QED) is 0.270. The minimum atomic E-state index is 0. The molecule has 0 amide bonds. The SMILES string of the molecule is Cl.Cl.N=C(N)c1cccc(OCCCCCOc2cccc(C(=N)N)c2)c1. The number of halogens is 2. The third kappa shape index (κ3) is 8.66. The van der Waals surface area contributed by atoms with Gasteiger partial charge in [0.1, 0.15) is 23.2 Å². The maximum absolute atomic E-state index is 7.42. The Kier molecular flexibility index (Phi) is 11.7.